The van der Waals surface area contributed by atoms with Gasteiger partial charge >= 0.3 is 0 Å². The van der Waals surface area contributed by atoms with Gasteiger partial charge in [0.15, 0.2) is 4.80 Å². The van der Waals surface area contributed by atoms with Gasteiger partial charge in [-0.25, -0.2) is 0 Å². The summed E-state index contributed by atoms with van der Waals surface area (Å²) in [4.78, 5) is 17.8. The molecule has 146 valence electrons. The average Bonchev–Trinajstić information content (AvgIpc) is 3.06. The number of hydrogen-bond acceptors (Lipinski definition) is 5. The molecule has 0 radical (unpaired) electrons. The summed E-state index contributed by atoms with van der Waals surface area (Å²) in [5.41, 5.74) is 1.28. The molecule has 0 spiro atoms. The number of thiazole rings is 1. The van der Waals surface area contributed by atoms with E-state index in [9.17, 15) is 4.79 Å². The lowest BCUT2D eigenvalue weighted by Crippen LogP contribution is -2.17. The predicted octanol–water partition coefficient (Wildman–Crippen LogP) is 4.05. The monoisotopic (exact) mass is 398 g/mol. The quantitative estimate of drug-likeness (QED) is 0.564. The van der Waals surface area contributed by atoms with Gasteiger partial charge in [0.05, 0.1) is 31.1 Å². The summed E-state index contributed by atoms with van der Waals surface area (Å²) in [6, 6.07) is 10.9. The molecule has 6 nitrogen and oxygen atoms in total. The molecule has 0 unspecified atom stereocenters. The highest BCUT2D eigenvalue weighted by atomic mass is 32.1. The summed E-state index contributed by atoms with van der Waals surface area (Å²) < 4.78 is 19.2. The van der Waals surface area contributed by atoms with Gasteiger partial charge in [0.1, 0.15) is 22.8 Å². The number of methoxy groups -OCH3 is 2. The molecule has 1 amide bonds. The van der Waals surface area contributed by atoms with Crippen LogP contribution in [0, 0.1) is 0 Å². The SMILES string of the molecule is C=CCn1c(=NC(=O)c2ccc(OC)cc2OC)sc2cccc(OCC)c21. The van der Waals surface area contributed by atoms with Gasteiger partial charge in [0.2, 0.25) is 0 Å². The van der Waals surface area contributed by atoms with Crippen LogP contribution >= 0.6 is 11.3 Å². The standard InChI is InChI=1S/C21H22N2O4S/c1-5-12-23-19-16(27-6-2)8-7-9-18(19)28-21(23)22-20(24)15-11-10-14(25-3)13-17(15)26-4/h5,7-11,13H,1,6,12H2,2-4H3. The van der Waals surface area contributed by atoms with Gasteiger partial charge in [-0.05, 0) is 31.2 Å². The van der Waals surface area contributed by atoms with Crippen LogP contribution in [0.25, 0.3) is 10.2 Å². The van der Waals surface area contributed by atoms with Gasteiger partial charge in [-0.2, -0.15) is 4.99 Å². The van der Waals surface area contributed by atoms with Gasteiger partial charge in [0.25, 0.3) is 5.91 Å². The van der Waals surface area contributed by atoms with Crippen molar-refractivity contribution in [2.45, 2.75) is 13.5 Å². The molecule has 0 N–H and O–H groups in total. The Labute approximate surface area is 167 Å². The first-order valence-electron chi connectivity index (χ1n) is 8.80. The van der Waals surface area contributed by atoms with Crippen LogP contribution in [0.15, 0.2) is 54.0 Å². The molecule has 7 heteroatoms. The molecule has 1 heterocycles. The Bertz CT molecular complexity index is 1080. The van der Waals surface area contributed by atoms with Crippen molar-refractivity contribution >= 4 is 27.5 Å². The Morgan fingerprint density at radius 1 is 1.21 bits per heavy atom. The lowest BCUT2D eigenvalue weighted by atomic mass is 10.2. The van der Waals surface area contributed by atoms with Crippen LogP contribution in [0.5, 0.6) is 17.2 Å². The van der Waals surface area contributed by atoms with Crippen LogP contribution in [0.2, 0.25) is 0 Å². The van der Waals surface area contributed by atoms with Crippen LogP contribution in [-0.4, -0.2) is 31.3 Å². The summed E-state index contributed by atoms with van der Waals surface area (Å²) in [5.74, 6) is 1.40. The van der Waals surface area contributed by atoms with Crippen molar-refractivity contribution in [1.82, 2.24) is 4.57 Å². The zero-order valence-corrected chi connectivity index (χ0v) is 16.9. The highest BCUT2D eigenvalue weighted by Gasteiger charge is 2.15. The fourth-order valence-corrected chi connectivity index (χ4v) is 3.93. The maximum Gasteiger partial charge on any atom is 0.283 e. The molecule has 0 aliphatic rings. The van der Waals surface area contributed by atoms with Gasteiger partial charge in [-0.15, -0.1) is 6.58 Å². The zero-order chi connectivity index (χ0) is 20.1. The Morgan fingerprint density at radius 3 is 2.71 bits per heavy atom. The molecule has 0 fully saturated rings. The van der Waals surface area contributed by atoms with Crippen molar-refractivity contribution in [3.8, 4) is 17.2 Å². The number of carbonyl (C=O) groups is 1. The van der Waals surface area contributed by atoms with E-state index in [1.165, 1.54) is 18.4 Å². The van der Waals surface area contributed by atoms with E-state index < -0.39 is 0 Å². The Balaban J connectivity index is 2.16. The smallest absolute Gasteiger partial charge is 0.283 e. The number of hydrogen-bond donors (Lipinski definition) is 0. The van der Waals surface area contributed by atoms with Crippen LogP contribution in [0.3, 0.4) is 0 Å². The van der Waals surface area contributed by atoms with Crippen LogP contribution < -0.4 is 19.0 Å². The number of aromatic nitrogens is 1. The van der Waals surface area contributed by atoms with Crippen LogP contribution in [0.1, 0.15) is 17.3 Å². The van der Waals surface area contributed by atoms with Crippen LogP contribution in [-0.2, 0) is 6.54 Å². The van der Waals surface area contributed by atoms with E-state index in [1.54, 1.807) is 31.4 Å². The van der Waals surface area contributed by atoms with Crippen molar-refractivity contribution in [3.63, 3.8) is 0 Å². The second-order valence-corrected chi connectivity index (χ2v) is 6.81. The average molecular weight is 398 g/mol. The summed E-state index contributed by atoms with van der Waals surface area (Å²) in [5, 5.41) is 0. The Kier molecular flexibility index (Phi) is 6.16. The normalized spacial score (nSPS) is 11.5. The molecule has 1 aromatic heterocycles. The third-order valence-electron chi connectivity index (χ3n) is 4.11. The highest BCUT2D eigenvalue weighted by Crippen LogP contribution is 2.28. The molecular weight excluding hydrogens is 376 g/mol. The van der Waals surface area contributed by atoms with E-state index >= 15 is 0 Å². The molecule has 3 aromatic rings. The van der Waals surface area contributed by atoms with Crippen molar-refractivity contribution in [1.29, 1.82) is 0 Å². The Hall–Kier alpha value is -3.06. The van der Waals surface area contributed by atoms with E-state index in [0.717, 1.165) is 16.0 Å². The number of para-hydroxylation sites is 1. The van der Waals surface area contributed by atoms with E-state index in [2.05, 4.69) is 11.6 Å². The molecular formula is C21H22N2O4S. The van der Waals surface area contributed by atoms with Crippen molar-refractivity contribution in [3.05, 3.63) is 59.4 Å². The third kappa shape index (κ3) is 3.80. The first-order valence-corrected chi connectivity index (χ1v) is 9.61. The molecule has 2 aromatic carbocycles. The largest absolute Gasteiger partial charge is 0.497 e. The first kappa shape index (κ1) is 19.7. The second-order valence-electron chi connectivity index (χ2n) is 5.80. The van der Waals surface area contributed by atoms with E-state index in [-0.39, 0.29) is 5.91 Å². The molecule has 0 saturated carbocycles. The van der Waals surface area contributed by atoms with Crippen LogP contribution in [0.4, 0.5) is 0 Å². The first-order chi connectivity index (χ1) is 13.6. The van der Waals surface area contributed by atoms with Crippen molar-refractivity contribution in [2.24, 2.45) is 4.99 Å². The van der Waals surface area contributed by atoms with Crippen molar-refractivity contribution < 1.29 is 19.0 Å². The lowest BCUT2D eigenvalue weighted by molar-refractivity contribution is 0.0995. The van der Waals surface area contributed by atoms with E-state index in [4.69, 9.17) is 14.2 Å². The molecule has 28 heavy (non-hydrogen) atoms. The number of amides is 1. The molecule has 3 rings (SSSR count). The second kappa shape index (κ2) is 8.75. The van der Waals surface area contributed by atoms with Gasteiger partial charge in [-0.3, -0.25) is 4.79 Å². The zero-order valence-electron chi connectivity index (χ0n) is 16.1. The molecule has 0 bridgehead atoms. The maximum absolute atomic E-state index is 12.9. The number of carbonyl (C=O) groups excluding carboxylic acids is 1. The number of fused-ring (bicyclic) bond motifs is 1. The number of allylic oxidation sites excluding steroid dienone is 1. The minimum Gasteiger partial charge on any atom is -0.497 e. The topological polar surface area (TPSA) is 62.1 Å². The number of rotatable bonds is 7. The van der Waals surface area contributed by atoms with E-state index in [0.29, 0.717) is 35.0 Å². The summed E-state index contributed by atoms with van der Waals surface area (Å²) in [6.45, 7) is 6.83. The fraction of sp³-hybridized carbons (Fsp3) is 0.238. The number of nitrogens with zero attached hydrogens (tertiary/aromatic N) is 2. The van der Waals surface area contributed by atoms with Gasteiger partial charge < -0.3 is 18.8 Å². The third-order valence-corrected chi connectivity index (χ3v) is 5.16. The highest BCUT2D eigenvalue weighted by molar-refractivity contribution is 7.16. The van der Waals surface area contributed by atoms with E-state index in [1.807, 2.05) is 29.7 Å². The Morgan fingerprint density at radius 2 is 2.04 bits per heavy atom. The summed E-state index contributed by atoms with van der Waals surface area (Å²) in [6.07, 6.45) is 1.77. The van der Waals surface area contributed by atoms with Crippen molar-refractivity contribution in [2.75, 3.05) is 20.8 Å². The molecule has 0 atom stereocenters. The summed E-state index contributed by atoms with van der Waals surface area (Å²) in [7, 11) is 3.07. The number of benzene rings is 2. The molecule has 0 aliphatic heterocycles. The fourth-order valence-electron chi connectivity index (χ4n) is 2.88. The molecule has 0 aliphatic carbocycles. The maximum atomic E-state index is 12.9. The summed E-state index contributed by atoms with van der Waals surface area (Å²) >= 11 is 1.43. The predicted molar refractivity (Wildman–Crippen MR) is 111 cm³/mol. The van der Waals surface area contributed by atoms with Gasteiger partial charge in [-0.1, -0.05) is 23.5 Å². The molecule has 0 saturated heterocycles. The lowest BCUT2D eigenvalue weighted by Gasteiger charge is -2.08. The minimum absolute atomic E-state index is 0.371. The number of ether oxygens (including phenoxy) is 3. The minimum atomic E-state index is -0.387. The van der Waals surface area contributed by atoms with Gasteiger partial charge in [0, 0.05) is 12.6 Å².